The Morgan fingerprint density at radius 2 is 0.765 bits per heavy atom. The lowest BCUT2D eigenvalue weighted by molar-refractivity contribution is -0.413. The van der Waals surface area contributed by atoms with Crippen molar-refractivity contribution in [3.05, 3.63) is 0 Å². The average molecular weight is 518 g/mol. The molecule has 198 valence electrons. The van der Waals surface area contributed by atoms with Gasteiger partial charge in [-0.2, -0.15) is 26.3 Å². The fourth-order valence-electron chi connectivity index (χ4n) is 3.67. The van der Waals surface area contributed by atoms with Gasteiger partial charge in [-0.15, -0.1) is 0 Å². The molecule has 3 fully saturated rings. The van der Waals surface area contributed by atoms with Crippen molar-refractivity contribution < 1.29 is 67.7 Å². The first-order valence-corrected chi connectivity index (χ1v) is 10.8. The van der Waals surface area contributed by atoms with E-state index in [0.717, 1.165) is 0 Å². The van der Waals surface area contributed by atoms with Gasteiger partial charge in [0.25, 0.3) is 17.6 Å². The van der Waals surface area contributed by atoms with Crippen molar-refractivity contribution in [2.45, 2.75) is 93.7 Å². The number of halogens is 9. The van der Waals surface area contributed by atoms with Gasteiger partial charge in [0, 0.05) is 19.3 Å². The molecule has 3 aliphatic heterocycles. The summed E-state index contributed by atoms with van der Waals surface area (Å²) in [5.41, 5.74) is 0. The third-order valence-electron chi connectivity index (χ3n) is 5.71. The molecule has 0 aromatic carbocycles. The molecule has 16 heteroatoms. The molecule has 6 nitrogen and oxygen atoms in total. The number of ether oxygens (including phenoxy) is 3. The van der Waals surface area contributed by atoms with Gasteiger partial charge in [0.1, 0.15) is 0 Å². The first-order valence-electron chi connectivity index (χ1n) is 10.8. The molecule has 0 amide bonds. The monoisotopic (exact) mass is 518 g/mol. The molecule has 0 aliphatic carbocycles. The van der Waals surface area contributed by atoms with Crippen molar-refractivity contribution in [1.82, 2.24) is 0 Å². The Hall–Kier alpha value is -0.805. The summed E-state index contributed by atoms with van der Waals surface area (Å²) < 4.78 is 155. The summed E-state index contributed by atoms with van der Waals surface area (Å²) in [6, 6.07) is 0. The number of rotatable bonds is 9. The molecule has 0 spiro atoms. The molecule has 0 saturated carbocycles. The van der Waals surface area contributed by atoms with Crippen LogP contribution in [0.4, 0.5) is 39.5 Å². The molecule has 3 rings (SSSR count). The van der Waals surface area contributed by atoms with E-state index in [1.807, 2.05) is 0 Å². The standard InChI is InChI=1S/C18H24BF9O6/c20-13(7-1-4-10-29-13)16(23,24)32-19(33-17(25,26)14(21)8-2-5-11-30-14)34-18(27,28)15(22)9-3-6-12-31-15/h1-12H2. The molecule has 3 saturated heterocycles. The zero-order valence-corrected chi connectivity index (χ0v) is 17.9. The van der Waals surface area contributed by atoms with Crippen molar-refractivity contribution in [3.8, 4) is 0 Å². The molecular weight excluding hydrogens is 494 g/mol. The van der Waals surface area contributed by atoms with Gasteiger partial charge >= 0.3 is 25.6 Å². The Balaban J connectivity index is 1.86. The van der Waals surface area contributed by atoms with E-state index in [1.54, 1.807) is 0 Å². The number of hydrogen-bond donors (Lipinski definition) is 0. The highest BCUT2D eigenvalue weighted by Gasteiger charge is 2.68. The second kappa shape index (κ2) is 9.92. The van der Waals surface area contributed by atoms with Gasteiger partial charge in [-0.3, -0.25) is 0 Å². The maximum Gasteiger partial charge on any atom is 0.652 e. The van der Waals surface area contributed by atoms with Crippen LogP contribution in [0.2, 0.25) is 0 Å². The third kappa shape index (κ3) is 5.61. The molecule has 0 aromatic heterocycles. The van der Waals surface area contributed by atoms with E-state index < -0.39 is 82.3 Å². The van der Waals surface area contributed by atoms with Crippen molar-refractivity contribution in [2.24, 2.45) is 0 Å². The van der Waals surface area contributed by atoms with Crippen molar-refractivity contribution in [3.63, 3.8) is 0 Å². The van der Waals surface area contributed by atoms with Crippen molar-refractivity contribution >= 4 is 7.32 Å². The first-order chi connectivity index (χ1) is 15.7. The van der Waals surface area contributed by atoms with Crippen molar-refractivity contribution in [2.75, 3.05) is 19.8 Å². The lowest BCUT2D eigenvalue weighted by Crippen LogP contribution is -2.60. The molecule has 3 atom stereocenters. The highest BCUT2D eigenvalue weighted by atomic mass is 19.3. The Morgan fingerprint density at radius 3 is 0.971 bits per heavy atom. The van der Waals surface area contributed by atoms with Gasteiger partial charge in [-0.25, -0.2) is 13.2 Å². The maximum atomic E-state index is 14.7. The molecule has 0 aromatic rings. The second-order valence-corrected chi connectivity index (χ2v) is 8.29. The fourth-order valence-corrected chi connectivity index (χ4v) is 3.67. The van der Waals surface area contributed by atoms with E-state index in [9.17, 15) is 39.5 Å². The van der Waals surface area contributed by atoms with Gasteiger partial charge in [0.05, 0.1) is 19.8 Å². The molecule has 3 unspecified atom stereocenters. The summed E-state index contributed by atoms with van der Waals surface area (Å²) in [7, 11) is -3.87. The summed E-state index contributed by atoms with van der Waals surface area (Å²) >= 11 is 0. The van der Waals surface area contributed by atoms with Gasteiger partial charge in [0.15, 0.2) is 0 Å². The summed E-state index contributed by atoms with van der Waals surface area (Å²) in [6.45, 7) is -1.55. The van der Waals surface area contributed by atoms with Crippen LogP contribution in [0.1, 0.15) is 57.8 Å². The van der Waals surface area contributed by atoms with E-state index in [4.69, 9.17) is 0 Å². The Labute approximate surface area is 189 Å². The van der Waals surface area contributed by atoms with Gasteiger partial charge in [-0.1, -0.05) is 0 Å². The third-order valence-corrected chi connectivity index (χ3v) is 5.71. The van der Waals surface area contributed by atoms with E-state index in [2.05, 4.69) is 28.2 Å². The normalized spacial score (nSPS) is 34.1. The quantitative estimate of drug-likeness (QED) is 0.301. The molecule has 3 heterocycles. The SMILES string of the molecule is FC(F)(OB(OC(F)(F)C1(F)CCCCO1)OC(F)(F)C1(F)CCCCO1)C1(F)CCCCO1. The van der Waals surface area contributed by atoms with E-state index in [-0.39, 0.29) is 38.5 Å². The minimum Gasteiger partial charge on any atom is -0.339 e. The average Bonchev–Trinajstić information content (AvgIpc) is 2.74. The molecule has 0 bridgehead atoms. The highest BCUT2D eigenvalue weighted by molar-refractivity contribution is 6.36. The van der Waals surface area contributed by atoms with Gasteiger partial charge in [0.2, 0.25) is 0 Å². The predicted molar refractivity (Wildman–Crippen MR) is 94.8 cm³/mol. The molecule has 0 N–H and O–H groups in total. The van der Waals surface area contributed by atoms with Crippen LogP contribution in [-0.4, -0.2) is 63.0 Å². The van der Waals surface area contributed by atoms with Crippen LogP contribution in [0.15, 0.2) is 0 Å². The van der Waals surface area contributed by atoms with Crippen LogP contribution >= 0.6 is 0 Å². The second-order valence-electron chi connectivity index (χ2n) is 8.29. The number of hydrogen-bond acceptors (Lipinski definition) is 6. The van der Waals surface area contributed by atoms with Gasteiger partial charge < -0.3 is 28.2 Å². The van der Waals surface area contributed by atoms with Crippen LogP contribution in [-0.2, 0) is 28.2 Å². The van der Waals surface area contributed by atoms with Crippen LogP contribution in [0.25, 0.3) is 0 Å². The summed E-state index contributed by atoms with van der Waals surface area (Å²) in [4.78, 5) is 0. The predicted octanol–water partition coefficient (Wildman–Crippen LogP) is 5.40. The van der Waals surface area contributed by atoms with Crippen LogP contribution in [0.5, 0.6) is 0 Å². The molecule has 34 heavy (non-hydrogen) atoms. The molecule has 3 aliphatic rings. The lowest BCUT2D eigenvalue weighted by Gasteiger charge is -2.40. The fraction of sp³-hybridized carbons (Fsp3) is 1.00. The van der Waals surface area contributed by atoms with Crippen LogP contribution in [0.3, 0.4) is 0 Å². The minimum atomic E-state index is -5.20. The first kappa shape index (κ1) is 27.8. The van der Waals surface area contributed by atoms with Crippen molar-refractivity contribution in [1.29, 1.82) is 0 Å². The van der Waals surface area contributed by atoms with Gasteiger partial charge in [-0.05, 0) is 38.5 Å². The largest absolute Gasteiger partial charge is 0.652 e. The van der Waals surface area contributed by atoms with Crippen LogP contribution < -0.4 is 0 Å². The molecule has 0 radical (unpaired) electrons. The molecular formula is C18H24BF9O6. The highest BCUT2D eigenvalue weighted by Crippen LogP contribution is 2.47. The lowest BCUT2D eigenvalue weighted by atomic mass is 10.0. The summed E-state index contributed by atoms with van der Waals surface area (Å²) in [6.07, 6.45) is -18.5. The number of alkyl halides is 9. The summed E-state index contributed by atoms with van der Waals surface area (Å²) in [5, 5.41) is 0. The summed E-state index contributed by atoms with van der Waals surface area (Å²) in [5.74, 6) is -11.8. The maximum absolute atomic E-state index is 14.7. The Kier molecular flexibility index (Phi) is 8.11. The Bertz CT molecular complexity index is 592. The Morgan fingerprint density at radius 1 is 0.500 bits per heavy atom. The smallest absolute Gasteiger partial charge is 0.339 e. The van der Waals surface area contributed by atoms with Crippen LogP contribution in [0, 0.1) is 0 Å². The zero-order valence-electron chi connectivity index (χ0n) is 17.9. The van der Waals surface area contributed by atoms with E-state index >= 15 is 0 Å². The van der Waals surface area contributed by atoms with E-state index in [1.165, 1.54) is 0 Å². The van der Waals surface area contributed by atoms with E-state index in [0.29, 0.717) is 0 Å². The minimum absolute atomic E-state index is 0.142. The zero-order chi connectivity index (χ0) is 25.3. The topological polar surface area (TPSA) is 55.4 Å².